The highest BCUT2D eigenvalue weighted by atomic mass is 32.2. The molecule has 1 saturated heterocycles. The number of halogens is 1. The fraction of sp³-hybridized carbons (Fsp3) is 0.333. The lowest BCUT2D eigenvalue weighted by Gasteiger charge is -2.15. The Balaban J connectivity index is 1.61. The minimum Gasteiger partial charge on any atom is -0.455 e. The van der Waals surface area contributed by atoms with Gasteiger partial charge in [0.05, 0.1) is 11.5 Å². The van der Waals surface area contributed by atoms with Gasteiger partial charge in [-0.2, -0.15) is 0 Å². The number of hydrogen-bond donors (Lipinski definition) is 1. The molecule has 0 radical (unpaired) electrons. The number of carbonyl (C=O) groups excluding carboxylic acids is 3. The smallest absolute Gasteiger partial charge is 0.316 e. The normalized spacial score (nSPS) is 13.9. The summed E-state index contributed by atoms with van der Waals surface area (Å²) in [6.45, 7) is 0.0735. The van der Waals surface area contributed by atoms with Gasteiger partial charge < -0.3 is 10.1 Å². The average Bonchev–Trinajstić information content (AvgIpc) is 2.91. The van der Waals surface area contributed by atoms with E-state index in [0.29, 0.717) is 15.0 Å². The molecule has 1 aliphatic rings. The Morgan fingerprint density at radius 3 is 2.84 bits per heavy atom. The van der Waals surface area contributed by atoms with Crippen LogP contribution in [0.2, 0.25) is 0 Å². The fourth-order valence-electron chi connectivity index (χ4n) is 1.84. The molecule has 0 unspecified atom stereocenters. The molecule has 1 fully saturated rings. The Hall–Kier alpha value is -1.65. The van der Waals surface area contributed by atoms with Gasteiger partial charge in [0.2, 0.25) is 5.91 Å². The maximum absolute atomic E-state index is 13.4. The van der Waals surface area contributed by atoms with Crippen molar-refractivity contribution in [2.24, 2.45) is 0 Å². The maximum Gasteiger partial charge on any atom is 0.316 e. The minimum absolute atomic E-state index is 0.0826. The van der Waals surface area contributed by atoms with E-state index in [1.165, 1.54) is 22.7 Å². The molecule has 1 N–H and O–H groups in total. The SMILES string of the molecule is O=C(COC(=O)CSc1ccccc1F)NCCN1C(=O)CSC1=S. The van der Waals surface area contributed by atoms with E-state index in [1.54, 1.807) is 18.2 Å². The zero-order chi connectivity index (χ0) is 18.2. The quantitative estimate of drug-likeness (QED) is 0.401. The van der Waals surface area contributed by atoms with Crippen molar-refractivity contribution in [3.63, 3.8) is 0 Å². The van der Waals surface area contributed by atoms with Gasteiger partial charge in [0.1, 0.15) is 10.1 Å². The van der Waals surface area contributed by atoms with Crippen LogP contribution in [0.5, 0.6) is 0 Å². The summed E-state index contributed by atoms with van der Waals surface area (Å²) in [4.78, 5) is 36.5. The molecule has 10 heteroatoms. The Morgan fingerprint density at radius 2 is 2.16 bits per heavy atom. The molecule has 0 saturated carbocycles. The van der Waals surface area contributed by atoms with Crippen molar-refractivity contribution in [2.75, 3.05) is 31.2 Å². The van der Waals surface area contributed by atoms with Crippen LogP contribution < -0.4 is 5.32 Å². The van der Waals surface area contributed by atoms with Crippen LogP contribution in [0.15, 0.2) is 29.2 Å². The topological polar surface area (TPSA) is 75.7 Å². The molecule has 1 heterocycles. The molecule has 2 amide bonds. The van der Waals surface area contributed by atoms with Crippen molar-refractivity contribution >= 4 is 57.8 Å². The summed E-state index contributed by atoms with van der Waals surface area (Å²) in [5.41, 5.74) is 0. The summed E-state index contributed by atoms with van der Waals surface area (Å²) in [6.07, 6.45) is 0. The molecular weight excluding hydrogens is 387 g/mol. The highest BCUT2D eigenvalue weighted by molar-refractivity contribution is 8.23. The van der Waals surface area contributed by atoms with Crippen molar-refractivity contribution in [3.05, 3.63) is 30.1 Å². The van der Waals surface area contributed by atoms with Gasteiger partial charge in [0.15, 0.2) is 6.61 Å². The third-order valence-corrected chi connectivity index (χ3v) is 5.50. The molecule has 1 aromatic rings. The van der Waals surface area contributed by atoms with Crippen LogP contribution in [0, 0.1) is 5.82 Å². The number of hydrogen-bond acceptors (Lipinski definition) is 7. The molecule has 0 aliphatic carbocycles. The number of rotatable bonds is 8. The fourth-order valence-corrected chi connectivity index (χ4v) is 3.70. The van der Waals surface area contributed by atoms with Crippen molar-refractivity contribution in [1.29, 1.82) is 0 Å². The maximum atomic E-state index is 13.4. The number of nitrogens with zero attached hydrogens (tertiary/aromatic N) is 1. The lowest BCUT2D eigenvalue weighted by molar-refractivity contribution is -0.145. The zero-order valence-electron chi connectivity index (χ0n) is 13.0. The summed E-state index contributed by atoms with van der Waals surface area (Å²) in [7, 11) is 0. The van der Waals surface area contributed by atoms with Gasteiger partial charge in [-0.05, 0) is 12.1 Å². The zero-order valence-corrected chi connectivity index (χ0v) is 15.5. The second-order valence-corrected chi connectivity index (χ2v) is 7.46. The summed E-state index contributed by atoms with van der Waals surface area (Å²) < 4.78 is 18.7. The largest absolute Gasteiger partial charge is 0.455 e. The van der Waals surface area contributed by atoms with Crippen molar-refractivity contribution < 1.29 is 23.5 Å². The number of thioether (sulfide) groups is 2. The number of carbonyl (C=O) groups is 3. The predicted octanol–water partition coefficient (Wildman–Crippen LogP) is 1.44. The standard InChI is InChI=1S/C15H15FN2O4S3/c16-10-3-1-2-4-11(10)24-9-14(21)22-7-12(19)17-5-6-18-13(20)8-25-15(18)23/h1-4H,5-9H2,(H,17,19). The van der Waals surface area contributed by atoms with E-state index >= 15 is 0 Å². The van der Waals surface area contributed by atoms with E-state index < -0.39 is 24.3 Å². The summed E-state index contributed by atoms with van der Waals surface area (Å²) >= 11 is 7.31. The van der Waals surface area contributed by atoms with E-state index in [1.807, 2.05) is 0 Å². The van der Waals surface area contributed by atoms with Gasteiger partial charge in [-0.3, -0.25) is 19.3 Å². The average molecular weight is 402 g/mol. The van der Waals surface area contributed by atoms with Gasteiger partial charge in [0.25, 0.3) is 5.91 Å². The van der Waals surface area contributed by atoms with E-state index in [9.17, 15) is 18.8 Å². The number of thiocarbonyl (C=S) groups is 1. The van der Waals surface area contributed by atoms with Crippen LogP contribution >= 0.6 is 35.7 Å². The Bertz CT molecular complexity index is 670. The number of nitrogens with one attached hydrogen (secondary N) is 1. The Labute approximate surface area is 157 Å². The molecule has 0 bridgehead atoms. The molecule has 1 aliphatic heterocycles. The van der Waals surface area contributed by atoms with Crippen molar-refractivity contribution in [3.8, 4) is 0 Å². The molecule has 6 nitrogen and oxygen atoms in total. The molecule has 134 valence electrons. The lowest BCUT2D eigenvalue weighted by atomic mass is 10.3. The molecular formula is C15H15FN2O4S3. The molecule has 1 aromatic carbocycles. The van der Waals surface area contributed by atoms with Gasteiger partial charge in [0, 0.05) is 18.0 Å². The van der Waals surface area contributed by atoms with Crippen LogP contribution in [0.3, 0.4) is 0 Å². The minimum atomic E-state index is -0.615. The van der Waals surface area contributed by atoms with Crippen LogP contribution in [-0.4, -0.2) is 58.2 Å². The first kappa shape index (κ1) is 19.7. The van der Waals surface area contributed by atoms with Crippen LogP contribution in [0.1, 0.15) is 0 Å². The third-order valence-electron chi connectivity index (χ3n) is 3.04. The Morgan fingerprint density at radius 1 is 1.40 bits per heavy atom. The van der Waals surface area contributed by atoms with E-state index in [-0.39, 0.29) is 24.7 Å². The molecule has 0 spiro atoms. The lowest BCUT2D eigenvalue weighted by Crippen LogP contribution is -2.38. The molecule has 0 atom stereocenters. The van der Waals surface area contributed by atoms with E-state index in [0.717, 1.165) is 11.8 Å². The number of benzene rings is 1. The first-order valence-corrected chi connectivity index (χ1v) is 9.62. The highest BCUT2D eigenvalue weighted by Gasteiger charge is 2.25. The van der Waals surface area contributed by atoms with E-state index in [4.69, 9.17) is 17.0 Å². The summed E-state index contributed by atoms with van der Waals surface area (Å²) in [6, 6.07) is 6.08. The first-order chi connectivity index (χ1) is 12.0. The number of esters is 1. The summed E-state index contributed by atoms with van der Waals surface area (Å²) in [5, 5.41) is 2.54. The number of ether oxygens (including phenoxy) is 1. The van der Waals surface area contributed by atoms with Crippen LogP contribution in [-0.2, 0) is 19.1 Å². The molecule has 25 heavy (non-hydrogen) atoms. The monoisotopic (exact) mass is 402 g/mol. The van der Waals surface area contributed by atoms with Gasteiger partial charge in [-0.15, -0.1) is 11.8 Å². The van der Waals surface area contributed by atoms with E-state index in [2.05, 4.69) is 5.32 Å². The molecule has 0 aromatic heterocycles. The van der Waals surface area contributed by atoms with Crippen LogP contribution in [0.4, 0.5) is 4.39 Å². The summed E-state index contributed by atoms with van der Waals surface area (Å²) in [5.74, 6) is -1.36. The van der Waals surface area contributed by atoms with Crippen molar-refractivity contribution in [2.45, 2.75) is 4.90 Å². The second kappa shape index (κ2) is 9.73. The molecule has 2 rings (SSSR count). The van der Waals surface area contributed by atoms with Crippen molar-refractivity contribution in [1.82, 2.24) is 10.2 Å². The second-order valence-electron chi connectivity index (χ2n) is 4.83. The number of amides is 2. The van der Waals surface area contributed by atoms with Gasteiger partial charge in [-0.1, -0.05) is 36.1 Å². The third kappa shape index (κ3) is 6.29. The Kier molecular flexibility index (Phi) is 7.66. The highest BCUT2D eigenvalue weighted by Crippen LogP contribution is 2.21. The van der Waals surface area contributed by atoms with Gasteiger partial charge in [-0.25, -0.2) is 4.39 Å². The van der Waals surface area contributed by atoms with Crippen LogP contribution in [0.25, 0.3) is 0 Å². The first-order valence-electron chi connectivity index (χ1n) is 7.24. The predicted molar refractivity (Wildman–Crippen MR) is 97.9 cm³/mol. The van der Waals surface area contributed by atoms with Gasteiger partial charge >= 0.3 is 5.97 Å².